The highest BCUT2D eigenvalue weighted by atomic mass is 16.6. The largest absolute Gasteiger partial charge is 0.452 e. The molecule has 1 aromatic rings. The van der Waals surface area contributed by atoms with Crippen LogP contribution in [0.2, 0.25) is 0 Å². The molecular weight excluding hydrogens is 424 g/mol. The molecule has 2 heterocycles. The van der Waals surface area contributed by atoms with Crippen LogP contribution < -0.4 is 4.90 Å². The van der Waals surface area contributed by atoms with Gasteiger partial charge < -0.3 is 28.9 Å². The second-order valence-corrected chi connectivity index (χ2v) is 7.20. The summed E-state index contributed by atoms with van der Waals surface area (Å²) in [6, 6.07) is 4.00. The molecular formula is C20H26N4O8. The molecule has 0 radical (unpaired) electrons. The zero-order valence-corrected chi connectivity index (χ0v) is 17.9. The van der Waals surface area contributed by atoms with E-state index in [-0.39, 0.29) is 17.9 Å². The minimum absolute atomic E-state index is 0.0287. The zero-order chi connectivity index (χ0) is 23.1. The molecule has 0 spiro atoms. The molecule has 2 fully saturated rings. The smallest absolute Gasteiger partial charge is 0.409 e. The fourth-order valence-corrected chi connectivity index (χ4v) is 3.53. The third-order valence-electron chi connectivity index (χ3n) is 5.25. The Morgan fingerprint density at radius 1 is 1.03 bits per heavy atom. The molecule has 174 valence electrons. The molecule has 0 aliphatic carbocycles. The molecule has 1 aromatic carbocycles. The first-order valence-electron chi connectivity index (χ1n) is 10.4. The first kappa shape index (κ1) is 23.3. The Bertz CT molecular complexity index is 863. The van der Waals surface area contributed by atoms with Crippen molar-refractivity contribution in [2.24, 2.45) is 0 Å². The quantitative estimate of drug-likeness (QED) is 0.352. The zero-order valence-electron chi connectivity index (χ0n) is 17.9. The Morgan fingerprint density at radius 3 is 2.31 bits per heavy atom. The van der Waals surface area contributed by atoms with Crippen molar-refractivity contribution in [2.75, 3.05) is 70.6 Å². The molecule has 2 aliphatic heterocycles. The van der Waals surface area contributed by atoms with Gasteiger partial charge in [0, 0.05) is 51.4 Å². The minimum Gasteiger partial charge on any atom is -0.452 e. The number of benzene rings is 1. The lowest BCUT2D eigenvalue weighted by atomic mass is 10.1. The van der Waals surface area contributed by atoms with Crippen molar-refractivity contribution in [3.8, 4) is 0 Å². The van der Waals surface area contributed by atoms with Crippen molar-refractivity contribution < 1.29 is 33.5 Å². The molecule has 3 rings (SSSR count). The molecule has 2 saturated heterocycles. The van der Waals surface area contributed by atoms with Crippen LogP contribution in [0.4, 0.5) is 16.2 Å². The van der Waals surface area contributed by atoms with Crippen molar-refractivity contribution in [3.05, 3.63) is 33.9 Å². The Balaban J connectivity index is 1.61. The maximum atomic E-state index is 12.7. The molecule has 12 nitrogen and oxygen atoms in total. The number of amides is 2. The van der Waals surface area contributed by atoms with Crippen LogP contribution in [-0.4, -0.2) is 98.4 Å². The molecule has 0 bridgehead atoms. The Hall–Kier alpha value is -3.41. The number of carbonyl (C=O) groups is 3. The molecule has 2 aliphatic rings. The summed E-state index contributed by atoms with van der Waals surface area (Å²) >= 11 is 0. The summed E-state index contributed by atoms with van der Waals surface area (Å²) in [5.41, 5.74) is 0.288. The van der Waals surface area contributed by atoms with Gasteiger partial charge in [-0.1, -0.05) is 0 Å². The molecule has 0 unspecified atom stereocenters. The maximum Gasteiger partial charge on any atom is 0.409 e. The van der Waals surface area contributed by atoms with Crippen LogP contribution in [0.15, 0.2) is 18.2 Å². The Kier molecular flexibility index (Phi) is 7.82. The van der Waals surface area contributed by atoms with E-state index in [1.165, 1.54) is 21.9 Å². The van der Waals surface area contributed by atoms with Gasteiger partial charge in [0.1, 0.15) is 0 Å². The standard InChI is InChI=1S/C20H26N4O8/c1-2-31-20(27)23-7-5-22(6-8-23)18(25)14-32-19(26)16-13-15(24(28)29)3-4-17(16)21-9-11-30-12-10-21/h3-4,13H,2,5-12,14H2,1H3. The first-order valence-corrected chi connectivity index (χ1v) is 10.4. The molecule has 12 heteroatoms. The van der Waals surface area contributed by atoms with E-state index >= 15 is 0 Å². The van der Waals surface area contributed by atoms with Gasteiger partial charge in [-0.3, -0.25) is 14.9 Å². The van der Waals surface area contributed by atoms with E-state index in [4.69, 9.17) is 14.2 Å². The third kappa shape index (κ3) is 5.63. The average molecular weight is 450 g/mol. The summed E-state index contributed by atoms with van der Waals surface area (Å²) in [5, 5.41) is 11.2. The summed E-state index contributed by atoms with van der Waals surface area (Å²) in [5.74, 6) is -1.21. The molecule has 0 N–H and O–H groups in total. The van der Waals surface area contributed by atoms with Crippen LogP contribution in [0.5, 0.6) is 0 Å². The number of hydrogen-bond donors (Lipinski definition) is 0. The van der Waals surface area contributed by atoms with Crippen LogP contribution in [0, 0.1) is 10.1 Å². The monoisotopic (exact) mass is 450 g/mol. The van der Waals surface area contributed by atoms with Gasteiger partial charge in [0.15, 0.2) is 6.61 Å². The summed E-state index contributed by atoms with van der Waals surface area (Å²) < 4.78 is 15.5. The number of rotatable bonds is 6. The average Bonchev–Trinajstić information content (AvgIpc) is 2.82. The van der Waals surface area contributed by atoms with E-state index < -0.39 is 29.5 Å². The molecule has 0 aromatic heterocycles. The van der Waals surface area contributed by atoms with Gasteiger partial charge in [0.05, 0.1) is 36.0 Å². The predicted molar refractivity (Wildman–Crippen MR) is 112 cm³/mol. The lowest BCUT2D eigenvalue weighted by Crippen LogP contribution is -2.51. The highest BCUT2D eigenvalue weighted by molar-refractivity contribution is 5.97. The topological polar surface area (TPSA) is 132 Å². The van der Waals surface area contributed by atoms with Crippen LogP contribution in [-0.2, 0) is 19.0 Å². The van der Waals surface area contributed by atoms with E-state index in [0.717, 1.165) is 6.07 Å². The van der Waals surface area contributed by atoms with Crippen molar-refractivity contribution in [3.63, 3.8) is 0 Å². The van der Waals surface area contributed by atoms with Crippen LogP contribution in [0.1, 0.15) is 17.3 Å². The molecule has 0 saturated carbocycles. The Labute approximate surface area is 184 Å². The van der Waals surface area contributed by atoms with E-state index in [1.807, 2.05) is 4.90 Å². The normalized spacial score (nSPS) is 16.5. The van der Waals surface area contributed by atoms with Crippen molar-refractivity contribution in [1.82, 2.24) is 9.80 Å². The fourth-order valence-electron chi connectivity index (χ4n) is 3.53. The summed E-state index contributed by atoms with van der Waals surface area (Å²) in [7, 11) is 0. The van der Waals surface area contributed by atoms with Gasteiger partial charge in [-0.05, 0) is 13.0 Å². The number of carbonyl (C=O) groups excluding carboxylic acids is 3. The highest BCUT2D eigenvalue weighted by Crippen LogP contribution is 2.27. The van der Waals surface area contributed by atoms with Gasteiger partial charge in [-0.2, -0.15) is 0 Å². The summed E-state index contributed by atoms with van der Waals surface area (Å²) in [4.78, 5) is 52.5. The first-order chi connectivity index (χ1) is 15.4. The molecule has 0 atom stereocenters. The van der Waals surface area contributed by atoms with E-state index in [1.54, 1.807) is 6.92 Å². The summed E-state index contributed by atoms with van der Waals surface area (Å²) in [6.45, 7) is 4.75. The fraction of sp³-hybridized carbons (Fsp3) is 0.550. The van der Waals surface area contributed by atoms with Gasteiger partial charge in [-0.15, -0.1) is 0 Å². The lowest BCUT2D eigenvalue weighted by Gasteiger charge is -2.34. The number of piperazine rings is 1. The predicted octanol–water partition coefficient (Wildman–Crippen LogP) is 0.889. The van der Waals surface area contributed by atoms with Gasteiger partial charge in [0.25, 0.3) is 11.6 Å². The van der Waals surface area contributed by atoms with E-state index in [9.17, 15) is 24.5 Å². The maximum absolute atomic E-state index is 12.7. The number of hydrogen-bond acceptors (Lipinski definition) is 9. The van der Waals surface area contributed by atoms with Gasteiger partial charge in [0.2, 0.25) is 0 Å². The van der Waals surface area contributed by atoms with Crippen molar-refractivity contribution in [1.29, 1.82) is 0 Å². The van der Waals surface area contributed by atoms with Crippen molar-refractivity contribution >= 4 is 29.3 Å². The second-order valence-electron chi connectivity index (χ2n) is 7.20. The van der Waals surface area contributed by atoms with E-state index in [2.05, 4.69) is 0 Å². The SMILES string of the molecule is CCOC(=O)N1CCN(C(=O)COC(=O)c2cc([N+](=O)[O-])ccc2N2CCOCC2)CC1. The number of non-ortho nitro benzene ring substituents is 1. The number of nitro benzene ring substituents is 1. The van der Waals surface area contributed by atoms with Crippen LogP contribution >= 0.6 is 0 Å². The molecule has 2 amide bonds. The number of nitrogens with zero attached hydrogens (tertiary/aromatic N) is 4. The van der Waals surface area contributed by atoms with Crippen LogP contribution in [0.3, 0.4) is 0 Å². The van der Waals surface area contributed by atoms with Crippen molar-refractivity contribution in [2.45, 2.75) is 6.92 Å². The third-order valence-corrected chi connectivity index (χ3v) is 5.25. The minimum atomic E-state index is -0.811. The van der Waals surface area contributed by atoms with Gasteiger partial charge in [-0.25, -0.2) is 9.59 Å². The highest BCUT2D eigenvalue weighted by Gasteiger charge is 2.27. The number of esters is 1. The number of morpholine rings is 1. The molecule has 32 heavy (non-hydrogen) atoms. The van der Waals surface area contributed by atoms with E-state index in [0.29, 0.717) is 58.2 Å². The summed E-state index contributed by atoms with van der Waals surface area (Å²) in [6.07, 6.45) is -0.424. The van der Waals surface area contributed by atoms with Crippen LogP contribution in [0.25, 0.3) is 0 Å². The lowest BCUT2D eigenvalue weighted by molar-refractivity contribution is -0.384. The Morgan fingerprint density at radius 2 is 1.69 bits per heavy atom. The van der Waals surface area contributed by atoms with Gasteiger partial charge >= 0.3 is 12.1 Å². The number of ether oxygens (including phenoxy) is 3. The number of anilines is 1. The second kappa shape index (κ2) is 10.8. The number of nitro groups is 1.